The quantitative estimate of drug-likeness (QED) is 0.672. The van der Waals surface area contributed by atoms with E-state index < -0.39 is 0 Å². The van der Waals surface area contributed by atoms with E-state index in [0.717, 1.165) is 5.56 Å². The van der Waals surface area contributed by atoms with Gasteiger partial charge in [0.05, 0.1) is 7.11 Å². The molecule has 2 aromatic rings. The number of phenolic OH excluding ortho intramolecular Hbond substituents is 1. The number of rotatable bonds is 4. The number of benzene rings is 2. The molecule has 96 valence electrons. The van der Waals surface area contributed by atoms with E-state index >= 15 is 0 Å². The first-order valence-electron chi connectivity index (χ1n) is 5.84. The molecule has 0 bridgehead atoms. The number of hydrogen-bond acceptors (Lipinski definition) is 3. The molecule has 19 heavy (non-hydrogen) atoms. The van der Waals surface area contributed by atoms with Crippen LogP contribution < -0.4 is 4.74 Å². The average molecular weight is 254 g/mol. The predicted molar refractivity (Wildman–Crippen MR) is 74.5 cm³/mol. The van der Waals surface area contributed by atoms with Crippen LogP contribution in [0.15, 0.2) is 54.6 Å². The van der Waals surface area contributed by atoms with Crippen LogP contribution in [0.3, 0.4) is 0 Å². The van der Waals surface area contributed by atoms with E-state index in [1.807, 2.05) is 6.07 Å². The number of ketones is 1. The van der Waals surface area contributed by atoms with E-state index in [1.54, 1.807) is 55.7 Å². The lowest BCUT2D eigenvalue weighted by atomic mass is 10.1. The molecule has 0 radical (unpaired) electrons. The van der Waals surface area contributed by atoms with Gasteiger partial charge in [0.2, 0.25) is 0 Å². The van der Waals surface area contributed by atoms with Crippen molar-refractivity contribution < 1.29 is 14.6 Å². The summed E-state index contributed by atoms with van der Waals surface area (Å²) in [5, 5.41) is 9.33. The Hall–Kier alpha value is -2.55. The number of carbonyl (C=O) groups excluding carboxylic acids is 1. The molecule has 0 saturated carbocycles. The SMILES string of the molecule is COc1cccc(C(=O)/C=C/c2cccc(O)c2)c1. The summed E-state index contributed by atoms with van der Waals surface area (Å²) >= 11 is 0. The summed E-state index contributed by atoms with van der Waals surface area (Å²) in [6.45, 7) is 0. The van der Waals surface area contributed by atoms with Crippen molar-refractivity contribution in [3.8, 4) is 11.5 Å². The standard InChI is InChI=1S/C16H14O3/c1-19-15-7-3-5-13(11-15)16(18)9-8-12-4-2-6-14(17)10-12/h2-11,17H,1H3/b9-8+. The molecule has 2 aromatic carbocycles. The minimum Gasteiger partial charge on any atom is -0.508 e. The molecular weight excluding hydrogens is 240 g/mol. The minimum absolute atomic E-state index is 0.109. The second kappa shape index (κ2) is 5.87. The highest BCUT2D eigenvalue weighted by Crippen LogP contribution is 2.15. The summed E-state index contributed by atoms with van der Waals surface area (Å²) in [6.07, 6.45) is 3.14. The lowest BCUT2D eigenvalue weighted by Gasteiger charge is -2.01. The van der Waals surface area contributed by atoms with E-state index in [9.17, 15) is 9.90 Å². The Bertz CT molecular complexity index is 615. The largest absolute Gasteiger partial charge is 0.508 e. The van der Waals surface area contributed by atoms with Gasteiger partial charge < -0.3 is 9.84 Å². The molecule has 0 amide bonds. The highest BCUT2D eigenvalue weighted by molar-refractivity contribution is 6.07. The lowest BCUT2D eigenvalue weighted by molar-refractivity contribution is 0.104. The van der Waals surface area contributed by atoms with Crippen LogP contribution in [-0.2, 0) is 0 Å². The molecule has 1 N–H and O–H groups in total. The zero-order valence-corrected chi connectivity index (χ0v) is 10.5. The van der Waals surface area contributed by atoms with Crippen molar-refractivity contribution in [3.05, 3.63) is 65.7 Å². The van der Waals surface area contributed by atoms with Crippen molar-refractivity contribution in [2.24, 2.45) is 0 Å². The number of ether oxygens (including phenoxy) is 1. The van der Waals surface area contributed by atoms with Gasteiger partial charge in [-0.2, -0.15) is 0 Å². The molecule has 0 spiro atoms. The molecule has 3 heteroatoms. The van der Waals surface area contributed by atoms with Crippen LogP contribution in [0.4, 0.5) is 0 Å². The van der Waals surface area contributed by atoms with Gasteiger partial charge in [-0.1, -0.05) is 30.3 Å². The third-order valence-electron chi connectivity index (χ3n) is 2.65. The zero-order valence-electron chi connectivity index (χ0n) is 10.5. The molecule has 0 aromatic heterocycles. The average Bonchev–Trinajstić information content (AvgIpc) is 2.45. The normalized spacial score (nSPS) is 10.6. The van der Waals surface area contributed by atoms with Crippen molar-refractivity contribution in [2.45, 2.75) is 0 Å². The van der Waals surface area contributed by atoms with E-state index in [2.05, 4.69) is 0 Å². The summed E-state index contributed by atoms with van der Waals surface area (Å²) in [7, 11) is 1.56. The minimum atomic E-state index is -0.109. The fourth-order valence-electron chi connectivity index (χ4n) is 1.67. The van der Waals surface area contributed by atoms with Crippen molar-refractivity contribution in [1.29, 1.82) is 0 Å². The van der Waals surface area contributed by atoms with E-state index in [-0.39, 0.29) is 11.5 Å². The summed E-state index contributed by atoms with van der Waals surface area (Å²) < 4.78 is 5.07. The zero-order chi connectivity index (χ0) is 13.7. The van der Waals surface area contributed by atoms with Gasteiger partial charge in [0, 0.05) is 5.56 Å². The number of phenols is 1. The Labute approximate surface area is 111 Å². The van der Waals surface area contributed by atoms with Crippen molar-refractivity contribution >= 4 is 11.9 Å². The maximum Gasteiger partial charge on any atom is 0.185 e. The highest BCUT2D eigenvalue weighted by atomic mass is 16.5. The Balaban J connectivity index is 2.16. The van der Waals surface area contributed by atoms with Crippen molar-refractivity contribution in [2.75, 3.05) is 7.11 Å². The molecule has 0 saturated heterocycles. The summed E-state index contributed by atoms with van der Waals surface area (Å²) in [5.41, 5.74) is 1.34. The van der Waals surface area contributed by atoms with Crippen LogP contribution >= 0.6 is 0 Å². The Morgan fingerprint density at radius 2 is 1.95 bits per heavy atom. The predicted octanol–water partition coefficient (Wildman–Crippen LogP) is 3.30. The van der Waals surface area contributed by atoms with Gasteiger partial charge in [-0.25, -0.2) is 0 Å². The monoisotopic (exact) mass is 254 g/mol. The Morgan fingerprint density at radius 3 is 2.68 bits per heavy atom. The summed E-state index contributed by atoms with van der Waals surface area (Å²) in [6, 6.07) is 13.7. The molecule has 0 aliphatic carbocycles. The number of carbonyl (C=O) groups is 1. The first-order chi connectivity index (χ1) is 9.19. The third kappa shape index (κ3) is 3.45. The molecule has 0 atom stereocenters. The van der Waals surface area contributed by atoms with Gasteiger partial charge in [-0.3, -0.25) is 4.79 Å². The molecule has 0 fully saturated rings. The van der Waals surface area contributed by atoms with E-state index in [4.69, 9.17) is 4.74 Å². The summed E-state index contributed by atoms with van der Waals surface area (Å²) in [5.74, 6) is 0.717. The van der Waals surface area contributed by atoms with Crippen LogP contribution in [-0.4, -0.2) is 18.0 Å². The summed E-state index contributed by atoms with van der Waals surface area (Å²) in [4.78, 5) is 12.0. The molecule has 0 unspecified atom stereocenters. The maximum absolute atomic E-state index is 12.0. The highest BCUT2D eigenvalue weighted by Gasteiger charge is 2.02. The van der Waals surface area contributed by atoms with Gasteiger partial charge in [0.1, 0.15) is 11.5 Å². The van der Waals surface area contributed by atoms with Gasteiger partial charge >= 0.3 is 0 Å². The smallest absolute Gasteiger partial charge is 0.185 e. The topological polar surface area (TPSA) is 46.5 Å². The van der Waals surface area contributed by atoms with Gasteiger partial charge in [-0.15, -0.1) is 0 Å². The first kappa shape index (κ1) is 12.9. The van der Waals surface area contributed by atoms with Gasteiger partial charge in [-0.05, 0) is 35.9 Å². The Kier molecular flexibility index (Phi) is 3.98. The van der Waals surface area contributed by atoms with Gasteiger partial charge in [0.25, 0.3) is 0 Å². The Morgan fingerprint density at radius 1 is 1.16 bits per heavy atom. The number of allylic oxidation sites excluding steroid dienone is 1. The van der Waals surface area contributed by atoms with Crippen molar-refractivity contribution in [3.63, 3.8) is 0 Å². The molecular formula is C16H14O3. The molecule has 2 rings (SSSR count). The fourth-order valence-corrected chi connectivity index (χ4v) is 1.67. The first-order valence-corrected chi connectivity index (χ1v) is 5.84. The van der Waals surface area contributed by atoms with Crippen LogP contribution in [0, 0.1) is 0 Å². The molecule has 0 aliphatic heterocycles. The number of hydrogen-bond donors (Lipinski definition) is 1. The van der Waals surface area contributed by atoms with Crippen LogP contribution in [0.2, 0.25) is 0 Å². The van der Waals surface area contributed by atoms with Crippen LogP contribution in [0.1, 0.15) is 15.9 Å². The van der Waals surface area contributed by atoms with Crippen molar-refractivity contribution in [1.82, 2.24) is 0 Å². The van der Waals surface area contributed by atoms with Crippen LogP contribution in [0.5, 0.6) is 11.5 Å². The third-order valence-corrected chi connectivity index (χ3v) is 2.65. The van der Waals surface area contributed by atoms with E-state index in [1.165, 1.54) is 6.08 Å². The second-order valence-corrected chi connectivity index (χ2v) is 4.02. The van der Waals surface area contributed by atoms with E-state index in [0.29, 0.717) is 11.3 Å². The molecule has 0 aliphatic rings. The number of methoxy groups -OCH3 is 1. The van der Waals surface area contributed by atoms with Gasteiger partial charge in [0.15, 0.2) is 5.78 Å². The lowest BCUT2D eigenvalue weighted by Crippen LogP contribution is -1.94. The molecule has 0 heterocycles. The number of aromatic hydroxyl groups is 1. The van der Waals surface area contributed by atoms with Crippen LogP contribution in [0.25, 0.3) is 6.08 Å². The second-order valence-electron chi connectivity index (χ2n) is 4.02. The maximum atomic E-state index is 12.0. The molecule has 3 nitrogen and oxygen atoms in total. The fraction of sp³-hybridized carbons (Fsp3) is 0.0625.